The molecule has 2 aromatic carbocycles. The topological polar surface area (TPSA) is 109 Å². The van der Waals surface area contributed by atoms with Gasteiger partial charge in [-0.05, 0) is 61.2 Å². The molecule has 0 aromatic heterocycles. The second-order valence-electron chi connectivity index (χ2n) is 8.28. The molecule has 2 aromatic rings. The summed E-state index contributed by atoms with van der Waals surface area (Å²) in [5.74, 6) is -1.34. The number of amides is 3. The second kappa shape index (κ2) is 13.1. The van der Waals surface area contributed by atoms with Gasteiger partial charge in [-0.3, -0.25) is 14.4 Å². The standard InChI is InChI=1S/C26H32N4O4/c1-2-3-17-34-21-15-13-19(14-16-21)18-27-30-26(33)25(32)29-23-12-8-7-11-22(23)24(31)28-20-9-5-4-6-10-20/h7-8,11-16,18,20H,2-6,9-10,17H2,1H3,(H,28,31)(H,29,32)(H,30,33)/b27-18-. The van der Waals surface area contributed by atoms with E-state index < -0.39 is 11.8 Å². The summed E-state index contributed by atoms with van der Waals surface area (Å²) in [6.07, 6.45) is 8.79. The summed E-state index contributed by atoms with van der Waals surface area (Å²) in [6.45, 7) is 2.77. The Kier molecular flexibility index (Phi) is 9.64. The molecule has 34 heavy (non-hydrogen) atoms. The van der Waals surface area contributed by atoms with Crippen LogP contribution in [0.5, 0.6) is 5.75 Å². The van der Waals surface area contributed by atoms with Gasteiger partial charge in [-0.1, -0.05) is 44.7 Å². The zero-order valence-electron chi connectivity index (χ0n) is 19.5. The number of hydrazone groups is 1. The van der Waals surface area contributed by atoms with Gasteiger partial charge in [0.1, 0.15) is 5.75 Å². The van der Waals surface area contributed by atoms with E-state index in [1.54, 1.807) is 36.4 Å². The SMILES string of the molecule is CCCCOc1ccc(/C=N\NC(=O)C(=O)Nc2ccccc2C(=O)NC2CCCCC2)cc1. The summed E-state index contributed by atoms with van der Waals surface area (Å²) >= 11 is 0. The third kappa shape index (κ3) is 7.72. The van der Waals surface area contributed by atoms with E-state index in [1.807, 2.05) is 12.1 Å². The van der Waals surface area contributed by atoms with Crippen molar-refractivity contribution < 1.29 is 19.1 Å². The lowest BCUT2D eigenvalue weighted by atomic mass is 9.95. The second-order valence-corrected chi connectivity index (χ2v) is 8.28. The molecule has 0 spiro atoms. The van der Waals surface area contributed by atoms with Crippen molar-refractivity contribution in [3.63, 3.8) is 0 Å². The number of benzene rings is 2. The number of rotatable bonds is 9. The molecular weight excluding hydrogens is 432 g/mol. The van der Waals surface area contributed by atoms with Gasteiger partial charge in [-0.15, -0.1) is 0 Å². The van der Waals surface area contributed by atoms with E-state index in [1.165, 1.54) is 12.6 Å². The van der Waals surface area contributed by atoms with E-state index in [4.69, 9.17) is 4.74 Å². The predicted octanol–water partition coefficient (Wildman–Crippen LogP) is 4.02. The average molecular weight is 465 g/mol. The van der Waals surface area contributed by atoms with Crippen LogP contribution in [0.25, 0.3) is 0 Å². The first-order valence-corrected chi connectivity index (χ1v) is 11.8. The van der Waals surface area contributed by atoms with Crippen molar-refractivity contribution in [3.8, 4) is 5.75 Å². The van der Waals surface area contributed by atoms with Crippen LogP contribution in [0.1, 0.15) is 67.8 Å². The average Bonchev–Trinajstić information content (AvgIpc) is 2.86. The fourth-order valence-corrected chi connectivity index (χ4v) is 3.68. The van der Waals surface area contributed by atoms with Gasteiger partial charge >= 0.3 is 11.8 Å². The summed E-state index contributed by atoms with van der Waals surface area (Å²) in [5.41, 5.74) is 3.55. The molecule has 0 atom stereocenters. The first kappa shape index (κ1) is 25.0. The molecule has 0 heterocycles. The number of anilines is 1. The monoisotopic (exact) mass is 464 g/mol. The van der Waals surface area contributed by atoms with Crippen LogP contribution >= 0.6 is 0 Å². The highest BCUT2D eigenvalue weighted by Crippen LogP contribution is 2.20. The number of hydrogen-bond acceptors (Lipinski definition) is 5. The summed E-state index contributed by atoms with van der Waals surface area (Å²) < 4.78 is 5.61. The molecule has 3 rings (SSSR count). The third-order valence-corrected chi connectivity index (χ3v) is 5.59. The Labute approximate surface area is 200 Å². The molecule has 0 radical (unpaired) electrons. The largest absolute Gasteiger partial charge is 0.494 e. The van der Waals surface area contributed by atoms with Crippen LogP contribution in [0.15, 0.2) is 53.6 Å². The number of carbonyl (C=O) groups excluding carboxylic acids is 3. The molecule has 1 aliphatic rings. The van der Waals surface area contributed by atoms with Gasteiger partial charge in [-0.25, -0.2) is 5.43 Å². The molecule has 1 aliphatic carbocycles. The van der Waals surface area contributed by atoms with Crippen LogP contribution in [0.2, 0.25) is 0 Å². The Balaban J connectivity index is 1.51. The zero-order valence-corrected chi connectivity index (χ0v) is 19.5. The molecule has 0 bridgehead atoms. The maximum atomic E-state index is 12.7. The van der Waals surface area contributed by atoms with Crippen molar-refractivity contribution in [2.45, 2.75) is 57.9 Å². The Morgan fingerprint density at radius 2 is 1.74 bits per heavy atom. The van der Waals surface area contributed by atoms with Gasteiger partial charge in [0.2, 0.25) is 0 Å². The Morgan fingerprint density at radius 3 is 2.47 bits per heavy atom. The van der Waals surface area contributed by atoms with Crippen molar-refractivity contribution in [1.82, 2.24) is 10.7 Å². The molecule has 8 nitrogen and oxygen atoms in total. The van der Waals surface area contributed by atoms with E-state index in [0.717, 1.165) is 49.8 Å². The Hall–Kier alpha value is -3.68. The number of ether oxygens (including phenoxy) is 1. The molecule has 1 saturated carbocycles. The molecule has 3 amide bonds. The van der Waals surface area contributed by atoms with Crippen LogP contribution in [0, 0.1) is 0 Å². The van der Waals surface area contributed by atoms with Crippen molar-refractivity contribution in [2.24, 2.45) is 5.10 Å². The number of carbonyl (C=O) groups is 3. The van der Waals surface area contributed by atoms with E-state index in [0.29, 0.717) is 12.2 Å². The van der Waals surface area contributed by atoms with E-state index >= 15 is 0 Å². The minimum atomic E-state index is -0.932. The molecule has 1 fully saturated rings. The summed E-state index contributed by atoms with van der Waals surface area (Å²) in [5, 5.41) is 9.37. The lowest BCUT2D eigenvalue weighted by Crippen LogP contribution is -2.37. The Morgan fingerprint density at radius 1 is 1.00 bits per heavy atom. The summed E-state index contributed by atoms with van der Waals surface area (Å²) in [7, 11) is 0. The first-order valence-electron chi connectivity index (χ1n) is 11.8. The number of para-hydroxylation sites is 1. The van der Waals surface area contributed by atoms with Gasteiger partial charge < -0.3 is 15.4 Å². The van der Waals surface area contributed by atoms with Gasteiger partial charge in [0.05, 0.1) is 24.1 Å². The smallest absolute Gasteiger partial charge is 0.329 e. The number of nitrogens with one attached hydrogen (secondary N) is 3. The van der Waals surface area contributed by atoms with E-state index in [9.17, 15) is 14.4 Å². The molecular formula is C26H32N4O4. The van der Waals surface area contributed by atoms with Crippen molar-refractivity contribution >= 4 is 29.6 Å². The van der Waals surface area contributed by atoms with E-state index in [-0.39, 0.29) is 17.6 Å². The molecule has 180 valence electrons. The first-order chi connectivity index (χ1) is 16.6. The maximum Gasteiger partial charge on any atom is 0.329 e. The lowest BCUT2D eigenvalue weighted by molar-refractivity contribution is -0.136. The van der Waals surface area contributed by atoms with Crippen molar-refractivity contribution in [3.05, 3.63) is 59.7 Å². The highest BCUT2D eigenvalue weighted by atomic mass is 16.5. The van der Waals surface area contributed by atoms with Crippen LogP contribution in [0.3, 0.4) is 0 Å². The highest BCUT2D eigenvalue weighted by molar-refractivity contribution is 6.40. The van der Waals surface area contributed by atoms with E-state index in [2.05, 4.69) is 28.1 Å². The fourth-order valence-electron chi connectivity index (χ4n) is 3.68. The maximum absolute atomic E-state index is 12.7. The number of hydrogen-bond donors (Lipinski definition) is 3. The predicted molar refractivity (Wildman–Crippen MR) is 132 cm³/mol. The van der Waals surface area contributed by atoms with Gasteiger partial charge in [-0.2, -0.15) is 5.10 Å². The van der Waals surface area contributed by atoms with Crippen LogP contribution in [0.4, 0.5) is 5.69 Å². The molecule has 3 N–H and O–H groups in total. The molecule has 0 aliphatic heterocycles. The normalized spacial score (nSPS) is 13.9. The van der Waals surface area contributed by atoms with Crippen LogP contribution in [-0.2, 0) is 9.59 Å². The molecule has 0 unspecified atom stereocenters. The zero-order chi connectivity index (χ0) is 24.2. The van der Waals surface area contributed by atoms with Crippen LogP contribution in [-0.4, -0.2) is 36.6 Å². The number of nitrogens with zero attached hydrogens (tertiary/aromatic N) is 1. The quantitative estimate of drug-likeness (QED) is 0.225. The summed E-state index contributed by atoms with van der Waals surface area (Å²) in [4.78, 5) is 37.2. The van der Waals surface area contributed by atoms with Crippen molar-refractivity contribution in [2.75, 3.05) is 11.9 Å². The molecule has 8 heteroatoms. The summed E-state index contributed by atoms with van der Waals surface area (Å²) in [6, 6.07) is 14.0. The highest BCUT2D eigenvalue weighted by Gasteiger charge is 2.20. The fraction of sp³-hybridized carbons (Fsp3) is 0.385. The van der Waals surface area contributed by atoms with Gasteiger partial charge in [0, 0.05) is 6.04 Å². The minimum Gasteiger partial charge on any atom is -0.494 e. The molecule has 0 saturated heterocycles. The van der Waals surface area contributed by atoms with Crippen LogP contribution < -0.4 is 20.8 Å². The van der Waals surface area contributed by atoms with Gasteiger partial charge in [0.15, 0.2) is 0 Å². The van der Waals surface area contributed by atoms with Crippen molar-refractivity contribution in [1.29, 1.82) is 0 Å². The third-order valence-electron chi connectivity index (χ3n) is 5.59. The minimum absolute atomic E-state index is 0.139. The van der Waals surface area contributed by atoms with Gasteiger partial charge in [0.25, 0.3) is 5.91 Å². The Bertz CT molecular complexity index is 998. The number of unbranched alkanes of at least 4 members (excludes halogenated alkanes) is 1. The lowest BCUT2D eigenvalue weighted by Gasteiger charge is -2.23.